The number of carbonyl (C=O) groups excluding carboxylic acids is 2. The van der Waals surface area contributed by atoms with Crippen LogP contribution in [0.15, 0.2) is 24.0 Å². The number of carboxylic acids is 2. The summed E-state index contributed by atoms with van der Waals surface area (Å²) in [6.45, 7) is 0. The van der Waals surface area contributed by atoms with Gasteiger partial charge in [-0.1, -0.05) is 17.4 Å². The van der Waals surface area contributed by atoms with Crippen LogP contribution in [0.3, 0.4) is 0 Å². The lowest BCUT2D eigenvalue weighted by molar-refractivity contribution is -0.150. The van der Waals surface area contributed by atoms with Crippen LogP contribution in [-0.4, -0.2) is 61.0 Å². The van der Waals surface area contributed by atoms with Gasteiger partial charge in [0.25, 0.3) is 11.8 Å². The quantitative estimate of drug-likeness (QED) is 0.372. The highest BCUT2D eigenvalue weighted by Crippen LogP contribution is 2.37. The number of hydrogen-bond acceptors (Lipinski definition) is 8. The molecule has 1 aromatic heterocycles. The lowest BCUT2D eigenvalue weighted by atomic mass is 10.0. The Bertz CT molecular complexity index is 893. The maximum absolute atomic E-state index is 12.7. The van der Waals surface area contributed by atoms with E-state index in [9.17, 15) is 19.2 Å². The number of thioether (sulfide) groups is 1. The van der Waals surface area contributed by atoms with Gasteiger partial charge in [0.1, 0.15) is 17.1 Å². The predicted octanol–water partition coefficient (Wildman–Crippen LogP) is -0.0482. The highest BCUT2D eigenvalue weighted by atomic mass is 32.2. The van der Waals surface area contributed by atoms with Crippen molar-refractivity contribution in [3.63, 3.8) is 0 Å². The molecule has 0 radical (unpaired) electrons. The summed E-state index contributed by atoms with van der Waals surface area (Å²) in [6.07, 6.45) is 3.62. The number of anilines is 1. The third-order valence-corrected chi connectivity index (χ3v) is 5.91. The first-order valence-electron chi connectivity index (χ1n) is 7.62. The van der Waals surface area contributed by atoms with Crippen molar-refractivity contribution in [2.24, 2.45) is 0 Å². The first-order chi connectivity index (χ1) is 12.8. The minimum atomic E-state index is -1.21. The highest BCUT2D eigenvalue weighted by molar-refractivity contribution is 8.00. The predicted molar refractivity (Wildman–Crippen MR) is 97.5 cm³/mol. The van der Waals surface area contributed by atoms with Crippen molar-refractivity contribution in [3.8, 4) is 0 Å². The maximum atomic E-state index is 12.7. The van der Waals surface area contributed by atoms with Crippen LogP contribution in [0.2, 0.25) is 0 Å². The van der Waals surface area contributed by atoms with Gasteiger partial charge in [-0.15, -0.1) is 11.8 Å². The zero-order valence-electron chi connectivity index (χ0n) is 13.6. The van der Waals surface area contributed by atoms with Crippen molar-refractivity contribution in [1.82, 2.24) is 15.2 Å². The first kappa shape index (κ1) is 18.9. The van der Waals surface area contributed by atoms with Crippen LogP contribution in [-0.2, 0) is 19.2 Å². The van der Waals surface area contributed by atoms with Crippen LogP contribution in [0.5, 0.6) is 0 Å². The second-order valence-corrected chi connectivity index (χ2v) is 7.77. The Balaban J connectivity index is 1.78. The molecule has 1 saturated heterocycles. The van der Waals surface area contributed by atoms with Gasteiger partial charge < -0.3 is 21.3 Å². The smallest absolute Gasteiger partial charge is 0.352 e. The van der Waals surface area contributed by atoms with E-state index in [1.807, 2.05) is 0 Å². The van der Waals surface area contributed by atoms with Crippen LogP contribution in [0.1, 0.15) is 11.3 Å². The number of β-lactam (4-membered cyclic amide) rings is 1. The minimum Gasteiger partial charge on any atom is -0.481 e. The molecule has 2 aliphatic rings. The molecule has 0 aliphatic carbocycles. The summed E-state index contributed by atoms with van der Waals surface area (Å²) in [5.41, 5.74) is 5.51. The van der Waals surface area contributed by atoms with Crippen molar-refractivity contribution in [1.29, 1.82) is 0 Å². The van der Waals surface area contributed by atoms with Gasteiger partial charge in [0.15, 0.2) is 5.13 Å². The number of nitrogen functional groups attached to an aromatic ring is 1. The minimum absolute atomic E-state index is 0.0488. The van der Waals surface area contributed by atoms with Crippen molar-refractivity contribution in [2.45, 2.75) is 17.8 Å². The Morgan fingerprint density at radius 3 is 2.74 bits per heavy atom. The van der Waals surface area contributed by atoms with E-state index in [1.54, 1.807) is 0 Å². The zero-order chi connectivity index (χ0) is 19.7. The monoisotopic (exact) mass is 410 g/mol. The van der Waals surface area contributed by atoms with E-state index in [1.165, 1.54) is 30.1 Å². The topological polar surface area (TPSA) is 163 Å². The fraction of sp³-hybridized carbons (Fsp3) is 0.267. The third kappa shape index (κ3) is 3.66. The summed E-state index contributed by atoms with van der Waals surface area (Å²) in [5.74, 6) is -3.11. The van der Waals surface area contributed by atoms with Crippen molar-refractivity contribution in [3.05, 3.63) is 28.9 Å². The zero-order valence-corrected chi connectivity index (χ0v) is 15.2. The van der Waals surface area contributed by atoms with Gasteiger partial charge in [-0.05, 0) is 6.08 Å². The van der Waals surface area contributed by atoms with Crippen molar-refractivity contribution < 1.29 is 29.4 Å². The molecule has 0 aromatic carbocycles. The Morgan fingerprint density at radius 2 is 2.15 bits per heavy atom. The van der Waals surface area contributed by atoms with E-state index in [-0.39, 0.29) is 16.4 Å². The number of thiazole rings is 1. The maximum Gasteiger partial charge on any atom is 0.352 e. The van der Waals surface area contributed by atoms with Crippen LogP contribution in [0.4, 0.5) is 5.13 Å². The second kappa shape index (κ2) is 7.40. The van der Waals surface area contributed by atoms with Crippen molar-refractivity contribution >= 4 is 57.6 Å². The molecule has 1 fully saturated rings. The van der Waals surface area contributed by atoms with Gasteiger partial charge in [-0.2, -0.15) is 0 Å². The lowest BCUT2D eigenvalue weighted by Gasteiger charge is -2.48. The standard InChI is InChI=1S/C15H14N4O6S2/c16-15-17-5-8(27-15)6(1-2-9(20)21)11(22)18-10-12(23)19-7(14(24)25)3-4-26-13(10)19/h1,3,5,10,13H,2,4H2,(H2,16,17)(H,18,22)(H,20,21)(H,24,25)/b6-1-/t10-,13-/m1/s1. The number of amides is 2. The number of nitrogens with zero attached hydrogens (tertiary/aromatic N) is 2. The first-order valence-corrected chi connectivity index (χ1v) is 9.48. The molecule has 10 nitrogen and oxygen atoms in total. The number of aromatic nitrogens is 1. The van der Waals surface area contributed by atoms with Gasteiger partial charge >= 0.3 is 11.9 Å². The summed E-state index contributed by atoms with van der Waals surface area (Å²) in [4.78, 5) is 52.4. The Kier molecular flexibility index (Phi) is 5.19. The second-order valence-electron chi connectivity index (χ2n) is 5.56. The molecule has 12 heteroatoms. The Morgan fingerprint density at radius 1 is 1.41 bits per heavy atom. The number of fused-ring (bicyclic) bond motifs is 1. The van der Waals surface area contributed by atoms with E-state index in [0.29, 0.717) is 10.6 Å². The van der Waals surface area contributed by atoms with Crippen LogP contribution < -0.4 is 11.1 Å². The van der Waals surface area contributed by atoms with Gasteiger partial charge in [0.05, 0.1) is 16.9 Å². The number of hydrogen-bond donors (Lipinski definition) is 4. The molecule has 0 bridgehead atoms. The van der Waals surface area contributed by atoms with Gasteiger partial charge in [0, 0.05) is 11.9 Å². The molecule has 2 amide bonds. The number of nitrogens with two attached hydrogens (primary N) is 1. The van der Waals surface area contributed by atoms with E-state index in [2.05, 4.69) is 10.3 Å². The van der Waals surface area contributed by atoms with Gasteiger partial charge in [-0.3, -0.25) is 19.3 Å². The Labute approximate surface area is 160 Å². The molecule has 1 aromatic rings. The fourth-order valence-electron chi connectivity index (χ4n) is 2.66. The summed E-state index contributed by atoms with van der Waals surface area (Å²) in [5, 5.41) is 20.3. The molecule has 27 heavy (non-hydrogen) atoms. The van der Waals surface area contributed by atoms with Crippen molar-refractivity contribution in [2.75, 3.05) is 11.5 Å². The third-order valence-electron chi connectivity index (χ3n) is 3.87. The number of nitrogens with one attached hydrogen (secondary N) is 1. The molecule has 3 rings (SSSR count). The normalized spacial score (nSPS) is 21.8. The van der Waals surface area contributed by atoms with Gasteiger partial charge in [-0.25, -0.2) is 9.78 Å². The summed E-state index contributed by atoms with van der Waals surface area (Å²) < 4.78 is 0. The molecular weight excluding hydrogens is 396 g/mol. The lowest BCUT2D eigenvalue weighted by Crippen LogP contribution is -2.70. The molecule has 5 N–H and O–H groups in total. The van der Waals surface area contributed by atoms with E-state index < -0.39 is 41.6 Å². The molecular formula is C15H14N4O6S2. The summed E-state index contributed by atoms with van der Waals surface area (Å²) in [7, 11) is 0. The largest absolute Gasteiger partial charge is 0.481 e. The number of carbonyl (C=O) groups is 4. The van der Waals surface area contributed by atoms with E-state index in [4.69, 9.17) is 15.9 Å². The van der Waals surface area contributed by atoms with E-state index >= 15 is 0 Å². The Hall–Kier alpha value is -2.86. The van der Waals surface area contributed by atoms with Crippen LogP contribution >= 0.6 is 23.1 Å². The highest BCUT2D eigenvalue weighted by Gasteiger charge is 2.52. The average Bonchev–Trinajstić information content (AvgIpc) is 3.04. The number of rotatable bonds is 6. The van der Waals surface area contributed by atoms with Gasteiger partial charge in [0.2, 0.25) is 0 Å². The van der Waals surface area contributed by atoms with Crippen LogP contribution in [0, 0.1) is 0 Å². The molecule has 2 aliphatic heterocycles. The molecule has 0 saturated carbocycles. The molecule has 0 unspecified atom stereocenters. The fourth-order valence-corrected chi connectivity index (χ4v) is 4.58. The summed E-state index contributed by atoms with van der Waals surface area (Å²) >= 11 is 2.34. The summed E-state index contributed by atoms with van der Waals surface area (Å²) in [6, 6.07) is -0.899. The SMILES string of the molecule is Nc1ncc(/C(=C/CC(=O)O)C(=O)N[C@@H]2C(=O)N3C(C(=O)O)=CCS[C@H]23)s1. The average molecular weight is 410 g/mol. The van der Waals surface area contributed by atoms with E-state index in [0.717, 1.165) is 16.2 Å². The van der Waals surface area contributed by atoms with Crippen LogP contribution in [0.25, 0.3) is 5.57 Å². The number of aliphatic carboxylic acids is 2. The molecule has 142 valence electrons. The number of carboxylic acid groups (broad SMARTS) is 2. The molecule has 3 heterocycles. The molecule has 2 atom stereocenters. The molecule has 0 spiro atoms.